The summed E-state index contributed by atoms with van der Waals surface area (Å²) < 4.78 is 0.713. The molecule has 124 valence electrons. The number of rotatable bonds is 4. The second kappa shape index (κ2) is 7.13. The normalized spacial score (nSPS) is 15.3. The summed E-state index contributed by atoms with van der Waals surface area (Å²) in [5, 5.41) is 10.8. The van der Waals surface area contributed by atoms with Crippen molar-refractivity contribution in [3.63, 3.8) is 0 Å². The van der Waals surface area contributed by atoms with E-state index < -0.39 is 4.92 Å². The zero-order valence-corrected chi connectivity index (χ0v) is 14.6. The lowest BCUT2D eigenvalue weighted by Crippen LogP contribution is -2.36. The Balaban J connectivity index is 1.67. The van der Waals surface area contributed by atoms with Crippen molar-refractivity contribution in [3.05, 3.63) is 68.7 Å². The predicted molar refractivity (Wildman–Crippen MR) is 96.5 cm³/mol. The van der Waals surface area contributed by atoms with Crippen LogP contribution < -0.4 is 4.90 Å². The Morgan fingerprint density at radius 3 is 2.38 bits per heavy atom. The molecule has 0 bridgehead atoms. The molecule has 1 heterocycles. The molecule has 5 nitrogen and oxygen atoms in total. The fourth-order valence-corrected chi connectivity index (χ4v) is 3.70. The number of nitro benzene ring substituents is 1. The number of hydrogen-bond acceptors (Lipinski definition) is 4. The second-order valence-corrected chi connectivity index (χ2v) is 6.74. The molecule has 0 spiro atoms. The van der Waals surface area contributed by atoms with Gasteiger partial charge in [0.05, 0.1) is 10.6 Å². The number of carbonyl (C=O) groups is 1. The largest absolute Gasteiger partial charge is 0.371 e. The van der Waals surface area contributed by atoms with Crippen LogP contribution >= 0.6 is 15.9 Å². The number of halogens is 1. The van der Waals surface area contributed by atoms with Gasteiger partial charge in [0.15, 0.2) is 5.78 Å². The standard InChI is InChI=1S/C18H17BrN2O3/c19-16-12-15(21(23)24)6-7-17(16)20-10-8-14(9-11-20)18(22)13-4-2-1-3-5-13/h1-7,12,14H,8-11H2. The van der Waals surface area contributed by atoms with Crippen molar-refractivity contribution < 1.29 is 9.72 Å². The molecule has 1 fully saturated rings. The molecule has 6 heteroatoms. The van der Waals surface area contributed by atoms with Crippen molar-refractivity contribution in [1.82, 2.24) is 0 Å². The molecule has 0 atom stereocenters. The number of hydrogen-bond donors (Lipinski definition) is 0. The minimum atomic E-state index is -0.403. The van der Waals surface area contributed by atoms with Crippen LogP contribution in [-0.4, -0.2) is 23.8 Å². The number of non-ortho nitro benzene ring substituents is 1. The first-order valence-electron chi connectivity index (χ1n) is 7.84. The topological polar surface area (TPSA) is 63.5 Å². The third-order valence-corrected chi connectivity index (χ3v) is 5.04. The van der Waals surface area contributed by atoms with E-state index in [1.54, 1.807) is 6.07 Å². The third kappa shape index (κ3) is 3.48. The summed E-state index contributed by atoms with van der Waals surface area (Å²) in [4.78, 5) is 25.1. The molecule has 0 saturated carbocycles. The Hall–Kier alpha value is -2.21. The maximum atomic E-state index is 12.5. The van der Waals surface area contributed by atoms with Crippen molar-refractivity contribution in [1.29, 1.82) is 0 Å². The van der Waals surface area contributed by atoms with Gasteiger partial charge in [0.1, 0.15) is 0 Å². The minimum absolute atomic E-state index is 0.0421. The molecule has 0 aromatic heterocycles. The number of nitro groups is 1. The van der Waals surface area contributed by atoms with E-state index in [4.69, 9.17) is 0 Å². The van der Waals surface area contributed by atoms with Crippen molar-refractivity contribution in [2.45, 2.75) is 12.8 Å². The predicted octanol–water partition coefficient (Wildman–Crippen LogP) is 4.46. The average Bonchev–Trinajstić information content (AvgIpc) is 2.62. The number of nitrogens with zero attached hydrogens (tertiary/aromatic N) is 2. The first-order valence-corrected chi connectivity index (χ1v) is 8.63. The van der Waals surface area contributed by atoms with Crippen LogP contribution in [0, 0.1) is 16.0 Å². The molecule has 0 radical (unpaired) electrons. The van der Waals surface area contributed by atoms with Gasteiger partial charge in [0.2, 0.25) is 0 Å². The smallest absolute Gasteiger partial charge is 0.270 e. The SMILES string of the molecule is O=C(c1ccccc1)C1CCN(c2ccc([N+](=O)[O-])cc2Br)CC1. The van der Waals surface area contributed by atoms with Crippen LogP contribution in [0.1, 0.15) is 23.2 Å². The van der Waals surface area contributed by atoms with Gasteiger partial charge in [-0.2, -0.15) is 0 Å². The van der Waals surface area contributed by atoms with Crippen molar-refractivity contribution in [2.24, 2.45) is 5.92 Å². The first kappa shape index (κ1) is 16.6. The lowest BCUT2D eigenvalue weighted by molar-refractivity contribution is -0.384. The molecule has 2 aromatic carbocycles. The fraction of sp³-hybridized carbons (Fsp3) is 0.278. The second-order valence-electron chi connectivity index (χ2n) is 5.88. The van der Waals surface area contributed by atoms with E-state index in [0.29, 0.717) is 4.47 Å². The number of piperidine rings is 1. The van der Waals surface area contributed by atoms with E-state index in [1.807, 2.05) is 30.3 Å². The molecule has 0 amide bonds. The lowest BCUT2D eigenvalue weighted by Gasteiger charge is -2.33. The van der Waals surface area contributed by atoms with Gasteiger partial charge >= 0.3 is 0 Å². The molecule has 1 aliphatic heterocycles. The van der Waals surface area contributed by atoms with Crippen molar-refractivity contribution in [2.75, 3.05) is 18.0 Å². The summed E-state index contributed by atoms with van der Waals surface area (Å²) >= 11 is 3.42. The van der Waals surface area contributed by atoms with Gasteiger partial charge in [0, 0.05) is 41.2 Å². The maximum absolute atomic E-state index is 12.5. The first-order chi connectivity index (χ1) is 11.6. The zero-order chi connectivity index (χ0) is 17.1. The molecule has 0 N–H and O–H groups in total. The summed E-state index contributed by atoms with van der Waals surface area (Å²) in [5.41, 5.74) is 1.78. The van der Waals surface area contributed by atoms with Crippen LogP contribution in [-0.2, 0) is 0 Å². The molecule has 0 aliphatic carbocycles. The minimum Gasteiger partial charge on any atom is -0.371 e. The van der Waals surface area contributed by atoms with Gasteiger partial charge in [-0.15, -0.1) is 0 Å². The van der Waals surface area contributed by atoms with Crippen LogP contribution in [0.3, 0.4) is 0 Å². The Morgan fingerprint density at radius 2 is 1.79 bits per heavy atom. The molecule has 2 aromatic rings. The van der Waals surface area contributed by atoms with Crippen LogP contribution in [0.2, 0.25) is 0 Å². The quantitative estimate of drug-likeness (QED) is 0.440. The summed E-state index contributed by atoms with van der Waals surface area (Å²) in [5.74, 6) is 0.249. The van der Waals surface area contributed by atoms with Gasteiger partial charge in [-0.3, -0.25) is 14.9 Å². The van der Waals surface area contributed by atoms with Crippen molar-refractivity contribution in [3.8, 4) is 0 Å². The molecule has 3 rings (SSSR count). The molecular formula is C18H17BrN2O3. The highest BCUT2D eigenvalue weighted by Crippen LogP contribution is 2.33. The molecule has 1 aliphatic rings. The van der Waals surface area contributed by atoms with Crippen LogP contribution in [0.4, 0.5) is 11.4 Å². The Bertz CT molecular complexity index is 756. The van der Waals surface area contributed by atoms with Gasteiger partial charge in [-0.05, 0) is 34.8 Å². The van der Waals surface area contributed by atoms with Crippen LogP contribution in [0.25, 0.3) is 0 Å². The maximum Gasteiger partial charge on any atom is 0.270 e. The summed E-state index contributed by atoms with van der Waals surface area (Å²) in [6.07, 6.45) is 1.58. The van der Waals surface area contributed by atoms with E-state index in [-0.39, 0.29) is 17.4 Å². The molecular weight excluding hydrogens is 372 g/mol. The monoisotopic (exact) mass is 388 g/mol. The van der Waals surface area contributed by atoms with Crippen molar-refractivity contribution >= 4 is 33.1 Å². The van der Waals surface area contributed by atoms with E-state index >= 15 is 0 Å². The molecule has 1 saturated heterocycles. The highest BCUT2D eigenvalue weighted by molar-refractivity contribution is 9.10. The lowest BCUT2D eigenvalue weighted by atomic mass is 9.88. The summed E-state index contributed by atoms with van der Waals surface area (Å²) in [6.45, 7) is 1.53. The van der Waals surface area contributed by atoms with Gasteiger partial charge in [0.25, 0.3) is 5.69 Å². The number of carbonyl (C=O) groups excluding carboxylic acids is 1. The molecule has 24 heavy (non-hydrogen) atoms. The Kier molecular flexibility index (Phi) is 4.94. The molecule has 0 unspecified atom stereocenters. The average molecular weight is 389 g/mol. The highest BCUT2D eigenvalue weighted by atomic mass is 79.9. The van der Waals surface area contributed by atoms with E-state index in [2.05, 4.69) is 20.8 Å². The number of ketones is 1. The highest BCUT2D eigenvalue weighted by Gasteiger charge is 2.26. The van der Waals surface area contributed by atoms with Gasteiger partial charge < -0.3 is 4.90 Å². The van der Waals surface area contributed by atoms with Crippen LogP contribution in [0.5, 0.6) is 0 Å². The number of Topliss-reactive ketones (excluding diaryl/α,β-unsaturated/α-hetero) is 1. The summed E-state index contributed by atoms with van der Waals surface area (Å²) in [7, 11) is 0. The van der Waals surface area contributed by atoms with Gasteiger partial charge in [-0.25, -0.2) is 0 Å². The van der Waals surface area contributed by atoms with E-state index in [0.717, 1.165) is 37.2 Å². The van der Waals surface area contributed by atoms with Gasteiger partial charge in [-0.1, -0.05) is 30.3 Å². The van der Waals surface area contributed by atoms with E-state index in [1.165, 1.54) is 12.1 Å². The zero-order valence-electron chi connectivity index (χ0n) is 13.0. The Labute approximate surface area is 148 Å². The fourth-order valence-electron chi connectivity index (χ4n) is 3.09. The third-order valence-electron chi connectivity index (χ3n) is 4.41. The Morgan fingerprint density at radius 1 is 1.12 bits per heavy atom. The number of anilines is 1. The number of benzene rings is 2. The van der Waals surface area contributed by atoms with E-state index in [9.17, 15) is 14.9 Å². The summed E-state index contributed by atoms with van der Waals surface area (Å²) in [6, 6.07) is 14.2. The van der Waals surface area contributed by atoms with Crippen LogP contribution in [0.15, 0.2) is 53.0 Å².